The average Bonchev–Trinajstić information content (AvgIpc) is 3.34. The summed E-state index contributed by atoms with van der Waals surface area (Å²) in [5, 5.41) is 7.79. The highest BCUT2D eigenvalue weighted by Crippen LogP contribution is 2.40. The minimum Gasteiger partial charge on any atom is -0.457 e. The number of ketones is 1. The van der Waals surface area contributed by atoms with E-state index in [2.05, 4.69) is 16.0 Å². The van der Waals surface area contributed by atoms with Crippen molar-refractivity contribution in [2.24, 2.45) is 0 Å². The first kappa shape index (κ1) is 37.6. The standard InChI is InChI=1S/C37H41ClN4O8/c1-22(43)26-18-17-25(38)20-27(26)39-31(45)32(46)40-28(19-23-13-9-8-10-14-23)30(44)41-37(33(47)49-35(2,3)4)21-24-15-11-12-16-29(24)42(37)34(48)50-36(5,6)7/h8-18,20,28H,19,21H2,1-7H3,(H,39,45)(H,40,46)(H,41,44). The fraction of sp³-hybridized carbons (Fsp3) is 0.351. The summed E-state index contributed by atoms with van der Waals surface area (Å²) in [6.07, 6.45) is -1.21. The Morgan fingerprint density at radius 2 is 1.46 bits per heavy atom. The van der Waals surface area contributed by atoms with E-state index < -0.39 is 52.7 Å². The number of rotatable bonds is 8. The Kier molecular flexibility index (Phi) is 11.1. The van der Waals surface area contributed by atoms with Crippen molar-refractivity contribution in [1.29, 1.82) is 0 Å². The van der Waals surface area contributed by atoms with Crippen LogP contribution in [0.4, 0.5) is 16.2 Å². The number of hydrogen-bond donors (Lipinski definition) is 3. The smallest absolute Gasteiger partial charge is 0.417 e. The van der Waals surface area contributed by atoms with Gasteiger partial charge in [-0.25, -0.2) is 14.5 Å². The molecule has 3 aromatic carbocycles. The maximum atomic E-state index is 14.4. The zero-order valence-corrected chi connectivity index (χ0v) is 29.8. The Morgan fingerprint density at radius 1 is 0.840 bits per heavy atom. The largest absolute Gasteiger partial charge is 0.457 e. The first-order chi connectivity index (χ1) is 23.3. The summed E-state index contributed by atoms with van der Waals surface area (Å²) >= 11 is 6.07. The molecule has 0 fully saturated rings. The van der Waals surface area contributed by atoms with Crippen LogP contribution in [0.5, 0.6) is 0 Å². The molecule has 1 heterocycles. The van der Waals surface area contributed by atoms with Gasteiger partial charge in [-0.3, -0.25) is 19.2 Å². The number of Topliss-reactive ketones (excluding diaryl/α,β-unsaturated/α-hetero) is 1. The van der Waals surface area contributed by atoms with Crippen molar-refractivity contribution in [3.8, 4) is 0 Å². The van der Waals surface area contributed by atoms with Gasteiger partial charge in [0.15, 0.2) is 5.78 Å². The maximum absolute atomic E-state index is 14.4. The molecule has 12 nitrogen and oxygen atoms in total. The van der Waals surface area contributed by atoms with Gasteiger partial charge in [0.25, 0.3) is 0 Å². The molecule has 2 unspecified atom stereocenters. The van der Waals surface area contributed by atoms with Gasteiger partial charge in [-0.05, 0) is 83.9 Å². The van der Waals surface area contributed by atoms with Gasteiger partial charge in [0.2, 0.25) is 11.6 Å². The number of carbonyl (C=O) groups is 6. The molecule has 2 atom stereocenters. The highest BCUT2D eigenvalue weighted by atomic mass is 35.5. The summed E-state index contributed by atoms with van der Waals surface area (Å²) < 4.78 is 11.5. The predicted molar refractivity (Wildman–Crippen MR) is 188 cm³/mol. The third-order valence-electron chi connectivity index (χ3n) is 7.42. The van der Waals surface area contributed by atoms with Crippen molar-refractivity contribution >= 4 is 58.5 Å². The van der Waals surface area contributed by atoms with E-state index >= 15 is 0 Å². The van der Waals surface area contributed by atoms with E-state index in [-0.39, 0.29) is 34.9 Å². The molecule has 13 heteroatoms. The second-order valence-corrected chi connectivity index (χ2v) is 14.3. The van der Waals surface area contributed by atoms with Crippen molar-refractivity contribution in [2.75, 3.05) is 10.2 Å². The number of hydrogen-bond acceptors (Lipinski definition) is 8. The number of nitrogens with zero attached hydrogens (tertiary/aromatic N) is 1. The van der Waals surface area contributed by atoms with E-state index in [1.54, 1.807) is 96.1 Å². The number of para-hydroxylation sites is 1. The van der Waals surface area contributed by atoms with Crippen LogP contribution in [-0.2, 0) is 41.5 Å². The van der Waals surface area contributed by atoms with E-state index in [1.807, 2.05) is 0 Å². The van der Waals surface area contributed by atoms with Crippen LogP contribution in [0.2, 0.25) is 5.02 Å². The molecule has 0 aliphatic carbocycles. The number of benzene rings is 3. The number of amides is 4. The molecular weight excluding hydrogens is 664 g/mol. The molecule has 264 valence electrons. The molecule has 4 rings (SSSR count). The quantitative estimate of drug-likeness (QED) is 0.161. The van der Waals surface area contributed by atoms with Crippen molar-refractivity contribution in [1.82, 2.24) is 10.6 Å². The van der Waals surface area contributed by atoms with Crippen LogP contribution >= 0.6 is 11.6 Å². The van der Waals surface area contributed by atoms with E-state index in [0.29, 0.717) is 16.8 Å². The number of anilines is 2. The topological polar surface area (TPSA) is 160 Å². The molecule has 0 bridgehead atoms. The maximum Gasteiger partial charge on any atom is 0.417 e. The summed E-state index contributed by atoms with van der Waals surface area (Å²) in [6.45, 7) is 11.2. The molecule has 0 radical (unpaired) electrons. The second kappa shape index (κ2) is 14.7. The molecule has 1 aliphatic heterocycles. The summed E-state index contributed by atoms with van der Waals surface area (Å²) in [4.78, 5) is 82.2. The molecule has 0 saturated heterocycles. The van der Waals surface area contributed by atoms with Crippen LogP contribution in [0.25, 0.3) is 0 Å². The zero-order valence-electron chi connectivity index (χ0n) is 29.0. The predicted octanol–water partition coefficient (Wildman–Crippen LogP) is 5.36. The Labute approximate surface area is 295 Å². The number of carbonyl (C=O) groups excluding carboxylic acids is 6. The molecule has 0 aromatic heterocycles. The highest BCUT2D eigenvalue weighted by molar-refractivity contribution is 6.40. The monoisotopic (exact) mass is 704 g/mol. The van der Waals surface area contributed by atoms with Crippen LogP contribution in [-0.4, -0.2) is 58.5 Å². The molecule has 4 amide bonds. The van der Waals surface area contributed by atoms with Crippen molar-refractivity contribution in [3.63, 3.8) is 0 Å². The normalized spacial score (nSPS) is 16.0. The van der Waals surface area contributed by atoms with E-state index in [9.17, 15) is 28.8 Å². The molecule has 3 aromatic rings. The number of fused-ring (bicyclic) bond motifs is 1. The van der Waals surface area contributed by atoms with Gasteiger partial charge in [-0.2, -0.15) is 0 Å². The Morgan fingerprint density at radius 3 is 2.08 bits per heavy atom. The number of nitrogens with one attached hydrogen (secondary N) is 3. The van der Waals surface area contributed by atoms with Gasteiger partial charge >= 0.3 is 23.9 Å². The van der Waals surface area contributed by atoms with Gasteiger partial charge in [0, 0.05) is 23.4 Å². The van der Waals surface area contributed by atoms with E-state index in [0.717, 1.165) is 4.90 Å². The highest BCUT2D eigenvalue weighted by Gasteiger charge is 2.57. The summed E-state index contributed by atoms with van der Waals surface area (Å²) in [5.41, 5.74) is -2.53. The van der Waals surface area contributed by atoms with Crippen LogP contribution in [0.1, 0.15) is 70.0 Å². The zero-order chi connectivity index (χ0) is 37.0. The van der Waals surface area contributed by atoms with E-state index in [4.69, 9.17) is 21.1 Å². The minimum absolute atomic E-state index is 0.00909. The van der Waals surface area contributed by atoms with E-state index in [1.165, 1.54) is 25.1 Å². The molecule has 1 aliphatic rings. The number of halogens is 1. The van der Waals surface area contributed by atoms with Crippen LogP contribution < -0.4 is 20.9 Å². The Hall–Kier alpha value is -5.23. The van der Waals surface area contributed by atoms with Crippen LogP contribution in [0.15, 0.2) is 72.8 Å². The molecule has 0 spiro atoms. The summed E-state index contributed by atoms with van der Waals surface area (Å²) in [5.74, 6) is -4.60. The number of ether oxygens (including phenoxy) is 2. The third-order valence-corrected chi connectivity index (χ3v) is 7.66. The molecule has 0 saturated carbocycles. The van der Waals surface area contributed by atoms with Gasteiger partial charge in [0.05, 0.1) is 11.4 Å². The fourth-order valence-corrected chi connectivity index (χ4v) is 5.53. The van der Waals surface area contributed by atoms with Crippen molar-refractivity contribution < 1.29 is 38.2 Å². The lowest BCUT2D eigenvalue weighted by Crippen LogP contribution is -2.70. The van der Waals surface area contributed by atoms with Gasteiger partial charge < -0.3 is 25.4 Å². The first-order valence-electron chi connectivity index (χ1n) is 15.9. The van der Waals surface area contributed by atoms with Crippen molar-refractivity contribution in [2.45, 2.75) is 84.2 Å². The van der Waals surface area contributed by atoms with Gasteiger partial charge in [0.1, 0.15) is 17.2 Å². The van der Waals surface area contributed by atoms with Crippen LogP contribution in [0.3, 0.4) is 0 Å². The van der Waals surface area contributed by atoms with Crippen LogP contribution in [0, 0.1) is 0 Å². The minimum atomic E-state index is -2.14. The Bertz CT molecular complexity index is 1820. The number of esters is 1. The molecule has 3 N–H and O–H groups in total. The SMILES string of the molecule is CC(=O)c1ccc(Cl)cc1NC(=O)C(=O)NC(Cc1ccccc1)C(=O)NC1(C(=O)OC(C)(C)C)Cc2ccccc2N1C(=O)OC(C)(C)C. The first-order valence-corrected chi connectivity index (χ1v) is 16.3. The summed E-state index contributed by atoms with van der Waals surface area (Å²) in [7, 11) is 0. The average molecular weight is 705 g/mol. The van der Waals surface area contributed by atoms with Gasteiger partial charge in [-0.15, -0.1) is 0 Å². The molecular formula is C37H41ClN4O8. The Balaban J connectivity index is 1.74. The fourth-order valence-electron chi connectivity index (χ4n) is 5.36. The lowest BCUT2D eigenvalue weighted by atomic mass is 10.0. The van der Waals surface area contributed by atoms with Crippen molar-refractivity contribution in [3.05, 3.63) is 94.5 Å². The lowest BCUT2D eigenvalue weighted by Gasteiger charge is -2.39. The third kappa shape index (κ3) is 9.06. The lowest BCUT2D eigenvalue weighted by molar-refractivity contribution is -0.164. The molecule has 50 heavy (non-hydrogen) atoms. The summed E-state index contributed by atoms with van der Waals surface area (Å²) in [6, 6.07) is 18.2. The second-order valence-electron chi connectivity index (χ2n) is 13.9. The van der Waals surface area contributed by atoms with Gasteiger partial charge in [-0.1, -0.05) is 60.1 Å².